The van der Waals surface area contributed by atoms with Gasteiger partial charge in [0, 0.05) is 28.5 Å². The standard InChI is InChI=1S/C19H23F4N3O3S/c1-17(2,3)26(16(27)28)15-25-18(12-7-11(24)4-5-13(12)20)9-29-14(19(21,22)23)6-10(18)8-30-15/h4-5,7,10,14H,6,8-9,24H2,1-3H3,(H,27,28)/t10-,14+,18-/m0/s1. The summed E-state index contributed by atoms with van der Waals surface area (Å²) >= 11 is 1.05. The number of alkyl halides is 3. The Bertz CT molecular complexity index is 872. The molecular formula is C19H23F4N3O3S. The minimum Gasteiger partial charge on any atom is -0.465 e. The van der Waals surface area contributed by atoms with E-state index < -0.39 is 54.2 Å². The molecule has 166 valence electrons. The van der Waals surface area contributed by atoms with Crippen molar-refractivity contribution in [1.29, 1.82) is 0 Å². The molecule has 0 saturated carbocycles. The third-order valence-electron chi connectivity index (χ3n) is 5.26. The van der Waals surface area contributed by atoms with Gasteiger partial charge in [0.15, 0.2) is 11.3 Å². The lowest BCUT2D eigenvalue weighted by Crippen LogP contribution is -2.56. The number of halogens is 4. The van der Waals surface area contributed by atoms with Gasteiger partial charge in [-0.15, -0.1) is 0 Å². The van der Waals surface area contributed by atoms with Gasteiger partial charge in [-0.05, 0) is 45.4 Å². The van der Waals surface area contributed by atoms with E-state index in [4.69, 9.17) is 10.5 Å². The number of nitrogens with two attached hydrogens (primary N) is 1. The number of amides is 1. The van der Waals surface area contributed by atoms with Crippen molar-refractivity contribution in [3.63, 3.8) is 0 Å². The molecule has 11 heteroatoms. The number of hydrogen-bond acceptors (Lipinski definition) is 5. The molecular weight excluding hydrogens is 426 g/mol. The molecule has 0 aromatic heterocycles. The summed E-state index contributed by atoms with van der Waals surface area (Å²) in [6, 6.07) is 3.80. The number of hydrogen-bond donors (Lipinski definition) is 2. The van der Waals surface area contributed by atoms with Gasteiger partial charge in [0.2, 0.25) is 0 Å². The summed E-state index contributed by atoms with van der Waals surface area (Å²) in [6.07, 6.45) is -8.23. The zero-order valence-electron chi connectivity index (χ0n) is 16.7. The second kappa shape index (κ2) is 7.60. The predicted octanol–water partition coefficient (Wildman–Crippen LogP) is 4.45. The number of nitrogens with zero attached hydrogens (tertiary/aromatic N) is 2. The number of rotatable bonds is 1. The fourth-order valence-corrected chi connectivity index (χ4v) is 5.28. The normalized spacial score (nSPS) is 27.2. The molecule has 1 saturated heterocycles. The molecule has 0 spiro atoms. The number of nitrogen functional groups attached to an aromatic ring is 1. The van der Waals surface area contributed by atoms with Crippen LogP contribution in [0.2, 0.25) is 0 Å². The first kappa shape index (κ1) is 22.7. The monoisotopic (exact) mass is 449 g/mol. The Morgan fingerprint density at radius 2 is 2.03 bits per heavy atom. The second-order valence-electron chi connectivity index (χ2n) is 8.43. The summed E-state index contributed by atoms with van der Waals surface area (Å²) in [6.45, 7) is 4.47. The Hall–Kier alpha value is -2.01. The first-order valence-electron chi connectivity index (χ1n) is 9.25. The van der Waals surface area contributed by atoms with Crippen LogP contribution >= 0.6 is 11.8 Å². The lowest BCUT2D eigenvalue weighted by molar-refractivity contribution is -0.245. The summed E-state index contributed by atoms with van der Waals surface area (Å²) in [7, 11) is 0. The van der Waals surface area contributed by atoms with Crippen molar-refractivity contribution < 1.29 is 32.2 Å². The summed E-state index contributed by atoms with van der Waals surface area (Å²) in [4.78, 5) is 17.5. The minimum atomic E-state index is -4.56. The molecule has 6 nitrogen and oxygen atoms in total. The summed E-state index contributed by atoms with van der Waals surface area (Å²) < 4.78 is 59.8. The highest BCUT2D eigenvalue weighted by molar-refractivity contribution is 8.13. The topological polar surface area (TPSA) is 88.2 Å². The molecule has 0 aliphatic carbocycles. The number of carbonyl (C=O) groups is 1. The van der Waals surface area contributed by atoms with Crippen molar-refractivity contribution in [3.05, 3.63) is 29.6 Å². The van der Waals surface area contributed by atoms with E-state index in [1.54, 1.807) is 20.8 Å². The Kier molecular flexibility index (Phi) is 5.74. The van der Waals surface area contributed by atoms with Crippen molar-refractivity contribution in [2.75, 3.05) is 18.1 Å². The molecule has 2 aliphatic heterocycles. The van der Waals surface area contributed by atoms with Gasteiger partial charge < -0.3 is 15.6 Å². The number of amidine groups is 1. The quantitative estimate of drug-likeness (QED) is 0.489. The Morgan fingerprint density at radius 3 is 2.60 bits per heavy atom. The smallest absolute Gasteiger partial charge is 0.414 e. The maximum absolute atomic E-state index is 14.8. The molecule has 3 rings (SSSR count). The van der Waals surface area contributed by atoms with Crippen LogP contribution in [0.5, 0.6) is 0 Å². The van der Waals surface area contributed by atoms with Crippen LogP contribution in [0.25, 0.3) is 0 Å². The SMILES string of the molecule is CC(C)(C)N(C(=O)O)C1=N[C@@]2(c3cc(N)ccc3F)CO[C@@H](C(F)(F)F)C[C@H]2CS1. The third kappa shape index (κ3) is 4.09. The lowest BCUT2D eigenvalue weighted by atomic mass is 9.74. The molecule has 0 radical (unpaired) electrons. The van der Waals surface area contributed by atoms with Crippen LogP contribution in [-0.4, -0.2) is 51.4 Å². The number of ether oxygens (including phenoxy) is 1. The number of aliphatic imine (C=N–C) groups is 1. The van der Waals surface area contributed by atoms with E-state index in [0.29, 0.717) is 0 Å². The van der Waals surface area contributed by atoms with Crippen LogP contribution in [-0.2, 0) is 10.3 Å². The highest BCUT2D eigenvalue weighted by Gasteiger charge is 2.56. The molecule has 3 N–H and O–H groups in total. The first-order chi connectivity index (χ1) is 13.8. The summed E-state index contributed by atoms with van der Waals surface area (Å²) in [5, 5.41) is 9.80. The van der Waals surface area contributed by atoms with Gasteiger partial charge in [-0.3, -0.25) is 4.90 Å². The van der Waals surface area contributed by atoms with Crippen LogP contribution < -0.4 is 5.73 Å². The molecule has 0 unspecified atom stereocenters. The lowest BCUT2D eigenvalue weighted by Gasteiger charge is -2.48. The van der Waals surface area contributed by atoms with E-state index in [-0.39, 0.29) is 22.2 Å². The summed E-state index contributed by atoms with van der Waals surface area (Å²) in [5.41, 5.74) is 3.66. The van der Waals surface area contributed by atoms with Crippen LogP contribution in [0.3, 0.4) is 0 Å². The van der Waals surface area contributed by atoms with Crippen LogP contribution in [0.4, 0.5) is 28.0 Å². The molecule has 1 aromatic rings. The molecule has 0 bridgehead atoms. The Morgan fingerprint density at radius 1 is 1.37 bits per heavy atom. The molecule has 30 heavy (non-hydrogen) atoms. The van der Waals surface area contributed by atoms with Crippen LogP contribution in [0.15, 0.2) is 23.2 Å². The molecule has 2 heterocycles. The third-order valence-corrected chi connectivity index (χ3v) is 6.36. The van der Waals surface area contributed by atoms with Crippen molar-refractivity contribution >= 4 is 28.7 Å². The molecule has 1 amide bonds. The van der Waals surface area contributed by atoms with E-state index in [1.807, 2.05) is 0 Å². The highest BCUT2D eigenvalue weighted by Crippen LogP contribution is 2.50. The number of anilines is 1. The number of carboxylic acid groups (broad SMARTS) is 1. The number of thioether (sulfide) groups is 1. The van der Waals surface area contributed by atoms with Gasteiger partial charge in [0.25, 0.3) is 0 Å². The van der Waals surface area contributed by atoms with E-state index in [2.05, 4.69) is 4.99 Å². The maximum atomic E-state index is 14.8. The van der Waals surface area contributed by atoms with Crippen LogP contribution in [0.1, 0.15) is 32.8 Å². The van der Waals surface area contributed by atoms with Crippen molar-refractivity contribution in [2.24, 2.45) is 10.9 Å². The van der Waals surface area contributed by atoms with Gasteiger partial charge >= 0.3 is 12.3 Å². The van der Waals surface area contributed by atoms with E-state index in [9.17, 15) is 27.5 Å². The van der Waals surface area contributed by atoms with Gasteiger partial charge in [0.05, 0.1) is 6.61 Å². The van der Waals surface area contributed by atoms with Gasteiger partial charge in [0.1, 0.15) is 11.4 Å². The van der Waals surface area contributed by atoms with Crippen molar-refractivity contribution in [3.8, 4) is 0 Å². The molecule has 1 aromatic carbocycles. The largest absolute Gasteiger partial charge is 0.465 e. The zero-order chi connectivity index (χ0) is 22.5. The predicted molar refractivity (Wildman–Crippen MR) is 106 cm³/mol. The van der Waals surface area contributed by atoms with Crippen LogP contribution in [0, 0.1) is 11.7 Å². The Balaban J connectivity index is 2.16. The van der Waals surface area contributed by atoms with Crippen molar-refractivity contribution in [2.45, 2.75) is 50.6 Å². The first-order valence-corrected chi connectivity index (χ1v) is 10.2. The Labute approximate surface area is 175 Å². The van der Waals surface area contributed by atoms with E-state index in [1.165, 1.54) is 12.1 Å². The minimum absolute atomic E-state index is 0.00479. The molecule has 3 atom stereocenters. The highest BCUT2D eigenvalue weighted by atomic mass is 32.2. The van der Waals surface area contributed by atoms with Gasteiger partial charge in [-0.2, -0.15) is 13.2 Å². The van der Waals surface area contributed by atoms with Crippen molar-refractivity contribution in [1.82, 2.24) is 4.90 Å². The number of fused-ring (bicyclic) bond motifs is 1. The maximum Gasteiger partial charge on any atom is 0.414 e. The average molecular weight is 449 g/mol. The summed E-state index contributed by atoms with van der Waals surface area (Å²) in [5.74, 6) is -1.28. The molecule has 1 fully saturated rings. The average Bonchev–Trinajstić information content (AvgIpc) is 2.60. The fourth-order valence-electron chi connectivity index (χ4n) is 3.81. The zero-order valence-corrected chi connectivity index (χ0v) is 17.5. The second-order valence-corrected chi connectivity index (χ2v) is 9.42. The van der Waals surface area contributed by atoms with E-state index in [0.717, 1.165) is 22.7 Å². The van der Waals surface area contributed by atoms with E-state index >= 15 is 0 Å². The fraction of sp³-hybridized carbons (Fsp3) is 0.579. The van der Waals surface area contributed by atoms with Gasteiger partial charge in [-0.1, -0.05) is 11.8 Å². The number of benzene rings is 1. The van der Waals surface area contributed by atoms with Gasteiger partial charge in [-0.25, -0.2) is 14.2 Å². The molecule has 2 aliphatic rings.